The van der Waals surface area contributed by atoms with E-state index in [1.165, 1.54) is 14.7 Å². The number of hydrogen-bond acceptors (Lipinski definition) is 5. The Kier molecular flexibility index (Phi) is 4.95. The minimum atomic E-state index is -3.68. The van der Waals surface area contributed by atoms with Crippen LogP contribution in [-0.2, 0) is 31.2 Å². The highest BCUT2D eigenvalue weighted by atomic mass is 32.2. The lowest BCUT2D eigenvalue weighted by Crippen LogP contribution is -2.40. The van der Waals surface area contributed by atoms with Crippen LogP contribution in [0.5, 0.6) is 0 Å². The number of aryl methyl sites for hydroxylation is 1. The molecule has 0 radical (unpaired) electrons. The Labute approximate surface area is 165 Å². The zero-order valence-electron chi connectivity index (χ0n) is 15.5. The molecule has 28 heavy (non-hydrogen) atoms. The first-order chi connectivity index (χ1) is 13.3. The van der Waals surface area contributed by atoms with Crippen LogP contribution >= 0.6 is 0 Å². The Balaban J connectivity index is 1.66. The van der Waals surface area contributed by atoms with Gasteiger partial charge in [0.2, 0.25) is 10.0 Å². The van der Waals surface area contributed by atoms with Gasteiger partial charge in [-0.05, 0) is 49.2 Å². The van der Waals surface area contributed by atoms with E-state index in [1.807, 2.05) is 6.92 Å². The number of nitrogens with zero attached hydrogens (tertiary/aromatic N) is 2. The van der Waals surface area contributed by atoms with Crippen LogP contribution in [0.1, 0.15) is 11.1 Å². The number of fused-ring (bicyclic) bond motifs is 1. The fourth-order valence-corrected chi connectivity index (χ4v) is 6.49. The zero-order valence-corrected chi connectivity index (χ0v) is 17.2. The molecule has 2 aromatic rings. The molecule has 0 aliphatic carbocycles. The lowest BCUT2D eigenvalue weighted by molar-refractivity contribution is 0.0730. The quantitative estimate of drug-likeness (QED) is 0.750. The van der Waals surface area contributed by atoms with Crippen LogP contribution < -0.4 is 4.31 Å². The Bertz CT molecular complexity index is 1090. The molecule has 0 N–H and O–H groups in total. The molecule has 2 aliphatic rings. The van der Waals surface area contributed by atoms with Crippen molar-refractivity contribution >= 4 is 25.7 Å². The summed E-state index contributed by atoms with van der Waals surface area (Å²) >= 11 is 0. The molecule has 0 atom stereocenters. The molecule has 2 heterocycles. The minimum absolute atomic E-state index is 0.197. The van der Waals surface area contributed by atoms with Gasteiger partial charge in [-0.2, -0.15) is 4.31 Å². The second kappa shape index (κ2) is 7.14. The number of rotatable bonds is 4. The normalized spacial score (nSPS) is 18.2. The second-order valence-electron chi connectivity index (χ2n) is 6.95. The average Bonchev–Trinajstić information content (AvgIpc) is 3.13. The van der Waals surface area contributed by atoms with Gasteiger partial charge in [0.05, 0.1) is 28.7 Å². The molecule has 0 saturated carbocycles. The topological polar surface area (TPSA) is 84.0 Å². The van der Waals surface area contributed by atoms with Gasteiger partial charge < -0.3 is 4.74 Å². The molecule has 1 saturated heterocycles. The highest BCUT2D eigenvalue weighted by Gasteiger charge is 2.33. The molecule has 0 unspecified atom stereocenters. The maximum Gasteiger partial charge on any atom is 0.264 e. The van der Waals surface area contributed by atoms with Gasteiger partial charge in [-0.15, -0.1) is 0 Å². The number of sulfonamides is 2. The predicted molar refractivity (Wildman–Crippen MR) is 105 cm³/mol. The molecule has 0 amide bonds. The summed E-state index contributed by atoms with van der Waals surface area (Å²) < 4.78 is 59.8. The Morgan fingerprint density at radius 2 is 1.46 bits per heavy atom. The van der Waals surface area contributed by atoms with Gasteiger partial charge >= 0.3 is 0 Å². The van der Waals surface area contributed by atoms with Gasteiger partial charge in [0.1, 0.15) is 0 Å². The van der Waals surface area contributed by atoms with Crippen molar-refractivity contribution in [2.45, 2.75) is 23.1 Å². The molecule has 0 bridgehead atoms. The van der Waals surface area contributed by atoms with Crippen molar-refractivity contribution in [3.05, 3.63) is 53.6 Å². The van der Waals surface area contributed by atoms with E-state index in [0.717, 1.165) is 11.1 Å². The SMILES string of the molecule is Cc1ccc(S(=O)(=O)N2CCc3cc(S(=O)(=O)N4CCOCC4)ccc32)cc1. The van der Waals surface area contributed by atoms with Crippen LogP contribution in [0.3, 0.4) is 0 Å². The first-order valence-electron chi connectivity index (χ1n) is 9.10. The summed E-state index contributed by atoms with van der Waals surface area (Å²) in [6, 6.07) is 11.4. The molecule has 0 spiro atoms. The molecule has 2 aromatic carbocycles. The van der Waals surface area contributed by atoms with Crippen molar-refractivity contribution in [1.82, 2.24) is 4.31 Å². The number of morpholine rings is 1. The van der Waals surface area contributed by atoms with Gasteiger partial charge in [0, 0.05) is 19.6 Å². The van der Waals surface area contributed by atoms with E-state index in [1.54, 1.807) is 36.4 Å². The molecular formula is C19H22N2O5S2. The van der Waals surface area contributed by atoms with Crippen LogP contribution in [0.4, 0.5) is 5.69 Å². The third kappa shape index (κ3) is 3.32. The Morgan fingerprint density at radius 1 is 0.821 bits per heavy atom. The monoisotopic (exact) mass is 422 g/mol. The van der Waals surface area contributed by atoms with Crippen molar-refractivity contribution in [3.8, 4) is 0 Å². The van der Waals surface area contributed by atoms with Gasteiger partial charge in [0.25, 0.3) is 10.0 Å². The summed E-state index contributed by atoms with van der Waals surface area (Å²) in [6.45, 7) is 3.62. The lowest BCUT2D eigenvalue weighted by atomic mass is 10.2. The van der Waals surface area contributed by atoms with Crippen LogP contribution in [0.25, 0.3) is 0 Å². The van der Waals surface area contributed by atoms with Crippen LogP contribution in [0.2, 0.25) is 0 Å². The first kappa shape index (κ1) is 19.4. The van der Waals surface area contributed by atoms with E-state index in [9.17, 15) is 16.8 Å². The van der Waals surface area contributed by atoms with Crippen LogP contribution in [0.15, 0.2) is 52.3 Å². The predicted octanol–water partition coefficient (Wildman–Crippen LogP) is 1.77. The highest BCUT2D eigenvalue weighted by molar-refractivity contribution is 7.92. The molecule has 7 nitrogen and oxygen atoms in total. The van der Waals surface area contributed by atoms with Gasteiger partial charge in [-0.25, -0.2) is 16.8 Å². The largest absolute Gasteiger partial charge is 0.379 e. The standard InChI is InChI=1S/C19H22N2O5S2/c1-15-2-4-17(5-3-15)28(24,25)21-9-8-16-14-18(6-7-19(16)21)27(22,23)20-10-12-26-13-11-20/h2-7,14H,8-13H2,1H3. The smallest absolute Gasteiger partial charge is 0.264 e. The Hall–Kier alpha value is -1.94. The molecular weight excluding hydrogens is 400 g/mol. The number of anilines is 1. The van der Waals surface area contributed by atoms with E-state index in [0.29, 0.717) is 45.0 Å². The summed E-state index contributed by atoms with van der Waals surface area (Å²) in [4.78, 5) is 0.429. The van der Waals surface area contributed by atoms with E-state index in [2.05, 4.69) is 0 Å². The van der Waals surface area contributed by atoms with E-state index < -0.39 is 20.0 Å². The molecule has 4 rings (SSSR count). The maximum atomic E-state index is 13.0. The fourth-order valence-electron chi connectivity index (χ4n) is 3.53. The van der Waals surface area contributed by atoms with Crippen molar-refractivity contribution in [1.29, 1.82) is 0 Å². The molecule has 2 aliphatic heterocycles. The average molecular weight is 423 g/mol. The zero-order chi connectivity index (χ0) is 19.9. The number of hydrogen-bond donors (Lipinski definition) is 0. The minimum Gasteiger partial charge on any atom is -0.379 e. The molecule has 0 aromatic heterocycles. The summed E-state index contributed by atoms with van der Waals surface area (Å²) in [6.07, 6.45) is 0.479. The van der Waals surface area contributed by atoms with Crippen molar-refractivity contribution in [2.75, 3.05) is 37.2 Å². The molecule has 1 fully saturated rings. The van der Waals surface area contributed by atoms with Gasteiger partial charge in [0.15, 0.2) is 0 Å². The summed E-state index contributed by atoms with van der Waals surface area (Å²) in [5.74, 6) is 0. The summed E-state index contributed by atoms with van der Waals surface area (Å²) in [7, 11) is -7.29. The van der Waals surface area contributed by atoms with Crippen LogP contribution in [-0.4, -0.2) is 54.0 Å². The first-order valence-corrected chi connectivity index (χ1v) is 12.0. The molecule has 150 valence electrons. The van der Waals surface area contributed by atoms with Gasteiger partial charge in [-0.1, -0.05) is 17.7 Å². The maximum absolute atomic E-state index is 13.0. The number of ether oxygens (including phenoxy) is 1. The third-order valence-electron chi connectivity index (χ3n) is 5.12. The highest BCUT2D eigenvalue weighted by Crippen LogP contribution is 2.35. The summed E-state index contributed by atoms with van der Waals surface area (Å²) in [5, 5.41) is 0. The Morgan fingerprint density at radius 3 is 2.14 bits per heavy atom. The number of benzene rings is 2. The van der Waals surface area contributed by atoms with Crippen molar-refractivity contribution in [2.24, 2.45) is 0 Å². The van der Waals surface area contributed by atoms with Crippen LogP contribution in [0, 0.1) is 6.92 Å². The lowest BCUT2D eigenvalue weighted by Gasteiger charge is -2.26. The summed E-state index contributed by atoms with van der Waals surface area (Å²) in [5.41, 5.74) is 2.25. The van der Waals surface area contributed by atoms with Crippen molar-refractivity contribution < 1.29 is 21.6 Å². The van der Waals surface area contributed by atoms with E-state index >= 15 is 0 Å². The second-order valence-corrected chi connectivity index (χ2v) is 10.7. The van der Waals surface area contributed by atoms with Gasteiger partial charge in [-0.3, -0.25) is 4.31 Å². The van der Waals surface area contributed by atoms with E-state index in [-0.39, 0.29) is 9.79 Å². The third-order valence-corrected chi connectivity index (χ3v) is 8.84. The van der Waals surface area contributed by atoms with E-state index in [4.69, 9.17) is 4.74 Å². The van der Waals surface area contributed by atoms with Crippen molar-refractivity contribution in [3.63, 3.8) is 0 Å². The fraction of sp³-hybridized carbons (Fsp3) is 0.368. The molecule has 9 heteroatoms.